The number of H-pyrrole nitrogens is 1. The first-order valence-corrected chi connectivity index (χ1v) is 4.60. The van der Waals surface area contributed by atoms with Crippen molar-refractivity contribution in [3.63, 3.8) is 0 Å². The zero-order valence-electron chi connectivity index (χ0n) is 7.42. The van der Waals surface area contributed by atoms with E-state index < -0.39 is 0 Å². The molecular formula is C9H13N3O. The van der Waals surface area contributed by atoms with Gasteiger partial charge in [0.05, 0.1) is 5.69 Å². The van der Waals surface area contributed by atoms with Crippen LogP contribution in [0.25, 0.3) is 0 Å². The van der Waals surface area contributed by atoms with Crippen molar-refractivity contribution in [1.29, 1.82) is 0 Å². The van der Waals surface area contributed by atoms with Gasteiger partial charge in [0.1, 0.15) is 0 Å². The summed E-state index contributed by atoms with van der Waals surface area (Å²) in [6.07, 6.45) is 3.55. The Labute approximate surface area is 76.2 Å². The van der Waals surface area contributed by atoms with E-state index in [9.17, 15) is 4.79 Å². The molecule has 0 spiro atoms. The van der Waals surface area contributed by atoms with Gasteiger partial charge in [-0.3, -0.25) is 0 Å². The monoisotopic (exact) mass is 179 g/mol. The number of aromatic nitrogens is 2. The summed E-state index contributed by atoms with van der Waals surface area (Å²) in [5.41, 5.74) is 6.87. The first kappa shape index (κ1) is 8.44. The second-order valence-electron chi connectivity index (χ2n) is 3.47. The SMILES string of the molecule is NCc1cc(C2CCC2)nc(=O)[nH]1. The molecule has 0 bridgehead atoms. The molecule has 1 saturated carbocycles. The molecule has 1 aromatic rings. The van der Waals surface area contributed by atoms with Gasteiger partial charge >= 0.3 is 5.69 Å². The Morgan fingerprint density at radius 1 is 1.62 bits per heavy atom. The largest absolute Gasteiger partial charge is 0.345 e. The molecule has 4 nitrogen and oxygen atoms in total. The molecule has 1 aromatic heterocycles. The minimum atomic E-state index is -0.273. The zero-order chi connectivity index (χ0) is 9.26. The zero-order valence-corrected chi connectivity index (χ0v) is 7.42. The number of aromatic amines is 1. The minimum Gasteiger partial charge on any atom is -0.325 e. The van der Waals surface area contributed by atoms with Crippen LogP contribution in [0.4, 0.5) is 0 Å². The van der Waals surface area contributed by atoms with Crippen LogP contribution in [0.3, 0.4) is 0 Å². The summed E-state index contributed by atoms with van der Waals surface area (Å²) in [4.78, 5) is 17.6. The van der Waals surface area contributed by atoms with Crippen molar-refractivity contribution in [1.82, 2.24) is 9.97 Å². The van der Waals surface area contributed by atoms with Crippen molar-refractivity contribution < 1.29 is 0 Å². The van der Waals surface area contributed by atoms with Gasteiger partial charge in [0.15, 0.2) is 0 Å². The molecule has 70 valence electrons. The van der Waals surface area contributed by atoms with Crippen LogP contribution in [0.1, 0.15) is 36.6 Å². The van der Waals surface area contributed by atoms with E-state index in [1.165, 1.54) is 6.42 Å². The van der Waals surface area contributed by atoms with E-state index in [2.05, 4.69) is 9.97 Å². The van der Waals surface area contributed by atoms with Gasteiger partial charge in [0.25, 0.3) is 0 Å². The highest BCUT2D eigenvalue weighted by Crippen LogP contribution is 2.34. The van der Waals surface area contributed by atoms with Gasteiger partial charge in [-0.15, -0.1) is 0 Å². The topological polar surface area (TPSA) is 71.8 Å². The maximum Gasteiger partial charge on any atom is 0.345 e. The molecule has 1 aliphatic rings. The van der Waals surface area contributed by atoms with Crippen LogP contribution in [0, 0.1) is 0 Å². The molecule has 0 aromatic carbocycles. The quantitative estimate of drug-likeness (QED) is 0.694. The molecule has 0 radical (unpaired) electrons. The fourth-order valence-electron chi connectivity index (χ4n) is 1.55. The number of nitrogens with one attached hydrogen (secondary N) is 1. The van der Waals surface area contributed by atoms with Crippen LogP contribution in [-0.4, -0.2) is 9.97 Å². The molecule has 13 heavy (non-hydrogen) atoms. The Balaban J connectivity index is 2.34. The Bertz CT molecular complexity index is 354. The Morgan fingerprint density at radius 2 is 2.38 bits per heavy atom. The molecule has 1 fully saturated rings. The standard InChI is InChI=1S/C9H13N3O/c10-5-7-4-8(6-2-1-3-6)12-9(13)11-7/h4,6H,1-3,5,10H2,(H,11,12,13). The van der Waals surface area contributed by atoms with Gasteiger partial charge in [-0.1, -0.05) is 6.42 Å². The fraction of sp³-hybridized carbons (Fsp3) is 0.556. The molecular weight excluding hydrogens is 166 g/mol. The van der Waals surface area contributed by atoms with Gasteiger partial charge in [0.2, 0.25) is 0 Å². The second kappa shape index (κ2) is 3.30. The highest BCUT2D eigenvalue weighted by molar-refractivity contribution is 5.14. The third kappa shape index (κ3) is 1.62. The van der Waals surface area contributed by atoms with Crippen molar-refractivity contribution in [2.24, 2.45) is 5.73 Å². The molecule has 1 heterocycles. The maximum absolute atomic E-state index is 11.1. The highest BCUT2D eigenvalue weighted by atomic mass is 16.1. The van der Waals surface area contributed by atoms with Gasteiger partial charge in [-0.2, -0.15) is 4.98 Å². The summed E-state index contributed by atoms with van der Waals surface area (Å²) in [5, 5.41) is 0. The van der Waals surface area contributed by atoms with E-state index in [1.807, 2.05) is 6.07 Å². The molecule has 0 atom stereocenters. The van der Waals surface area contributed by atoms with Crippen molar-refractivity contribution in [3.05, 3.63) is 27.9 Å². The van der Waals surface area contributed by atoms with Gasteiger partial charge in [0, 0.05) is 18.2 Å². The molecule has 4 heteroatoms. The normalized spacial score (nSPS) is 17.0. The molecule has 0 unspecified atom stereocenters. The van der Waals surface area contributed by atoms with Crippen molar-refractivity contribution in [2.45, 2.75) is 31.7 Å². The number of nitrogens with zero attached hydrogens (tertiary/aromatic N) is 1. The van der Waals surface area contributed by atoms with Crippen LogP contribution in [0.15, 0.2) is 10.9 Å². The Hall–Kier alpha value is -1.16. The molecule has 3 N–H and O–H groups in total. The number of nitrogens with two attached hydrogens (primary N) is 1. The van der Waals surface area contributed by atoms with E-state index in [1.54, 1.807) is 0 Å². The average molecular weight is 179 g/mol. The smallest absolute Gasteiger partial charge is 0.325 e. The van der Waals surface area contributed by atoms with E-state index in [-0.39, 0.29) is 5.69 Å². The third-order valence-electron chi connectivity index (χ3n) is 2.56. The molecule has 0 aliphatic heterocycles. The van der Waals surface area contributed by atoms with Crippen LogP contribution in [-0.2, 0) is 6.54 Å². The average Bonchev–Trinajstić information content (AvgIpc) is 2.00. The molecule has 0 amide bonds. The lowest BCUT2D eigenvalue weighted by Crippen LogP contribution is -2.21. The summed E-state index contributed by atoms with van der Waals surface area (Å²) in [5.74, 6) is 0.493. The van der Waals surface area contributed by atoms with Gasteiger partial charge in [-0.05, 0) is 18.9 Å². The van der Waals surface area contributed by atoms with E-state index in [4.69, 9.17) is 5.73 Å². The predicted molar refractivity (Wildman–Crippen MR) is 49.3 cm³/mol. The van der Waals surface area contributed by atoms with E-state index in [0.717, 1.165) is 24.2 Å². The van der Waals surface area contributed by atoms with Crippen molar-refractivity contribution in [3.8, 4) is 0 Å². The van der Waals surface area contributed by atoms with Crippen LogP contribution in [0.2, 0.25) is 0 Å². The lowest BCUT2D eigenvalue weighted by atomic mass is 9.83. The van der Waals surface area contributed by atoms with E-state index in [0.29, 0.717) is 12.5 Å². The summed E-state index contributed by atoms with van der Waals surface area (Å²) in [6.45, 7) is 0.372. The summed E-state index contributed by atoms with van der Waals surface area (Å²) >= 11 is 0. The lowest BCUT2D eigenvalue weighted by Gasteiger charge is -2.24. The van der Waals surface area contributed by atoms with Crippen molar-refractivity contribution in [2.75, 3.05) is 0 Å². The fourth-order valence-corrected chi connectivity index (χ4v) is 1.55. The summed E-state index contributed by atoms with van der Waals surface area (Å²) in [7, 11) is 0. The Morgan fingerprint density at radius 3 is 2.92 bits per heavy atom. The third-order valence-corrected chi connectivity index (χ3v) is 2.56. The van der Waals surface area contributed by atoms with Crippen LogP contribution in [0.5, 0.6) is 0 Å². The maximum atomic E-state index is 11.1. The molecule has 1 aliphatic carbocycles. The first-order valence-electron chi connectivity index (χ1n) is 4.60. The summed E-state index contributed by atoms with van der Waals surface area (Å²) in [6, 6.07) is 1.91. The minimum absolute atomic E-state index is 0.273. The predicted octanol–water partition coefficient (Wildman–Crippen LogP) is 0.496. The number of hydrogen-bond donors (Lipinski definition) is 2. The van der Waals surface area contributed by atoms with Crippen molar-refractivity contribution >= 4 is 0 Å². The number of hydrogen-bond acceptors (Lipinski definition) is 3. The van der Waals surface area contributed by atoms with Crippen LogP contribution >= 0.6 is 0 Å². The van der Waals surface area contributed by atoms with Crippen LogP contribution < -0.4 is 11.4 Å². The molecule has 2 rings (SSSR count). The summed E-state index contributed by atoms with van der Waals surface area (Å²) < 4.78 is 0. The lowest BCUT2D eigenvalue weighted by molar-refractivity contribution is 0.409. The Kier molecular flexibility index (Phi) is 2.14. The van der Waals surface area contributed by atoms with Gasteiger partial charge < -0.3 is 10.7 Å². The second-order valence-corrected chi connectivity index (χ2v) is 3.47. The first-order chi connectivity index (χ1) is 6.29. The molecule has 0 saturated heterocycles. The van der Waals surface area contributed by atoms with E-state index >= 15 is 0 Å². The van der Waals surface area contributed by atoms with Gasteiger partial charge in [-0.25, -0.2) is 4.79 Å². The number of rotatable bonds is 2. The highest BCUT2D eigenvalue weighted by Gasteiger charge is 2.21.